The second kappa shape index (κ2) is 16.3. The number of hydrogen-bond donors (Lipinski definition) is 3. The molecule has 0 bridgehead atoms. The number of carbonyl (C=O) groups is 1. The van der Waals surface area contributed by atoms with Crippen LogP contribution in [0.25, 0.3) is 0 Å². The average molecular weight is 421 g/mol. The lowest BCUT2D eigenvalue weighted by Crippen LogP contribution is -2.23. The lowest BCUT2D eigenvalue weighted by atomic mass is 10.1. The van der Waals surface area contributed by atoms with E-state index in [1.54, 1.807) is 42.5 Å². The van der Waals surface area contributed by atoms with E-state index in [9.17, 15) is 24.5 Å². The number of carbonyl (C=O) groups excluding carboxylic acids is 1. The molecule has 0 aliphatic carbocycles. The van der Waals surface area contributed by atoms with E-state index < -0.39 is 18.3 Å². The van der Waals surface area contributed by atoms with Crippen LogP contribution in [-0.2, 0) is 4.79 Å². The molecule has 0 aliphatic heterocycles. The summed E-state index contributed by atoms with van der Waals surface area (Å²) in [6.45, 7) is 1.56. The second-order valence-electron chi connectivity index (χ2n) is 6.52. The van der Waals surface area contributed by atoms with Crippen LogP contribution < -0.4 is 4.74 Å². The Kier molecular flexibility index (Phi) is 14.9. The SMILES string of the molecule is C.CC(=O)CCC[C@H](O)[C@H](O)/C=C/C=C/C=C\C=C\[C@H](O)COc1ccc(F)cc1. The fourth-order valence-corrected chi connectivity index (χ4v) is 2.25. The van der Waals surface area contributed by atoms with Gasteiger partial charge in [0.05, 0.1) is 12.2 Å². The Morgan fingerprint density at radius 1 is 1.00 bits per heavy atom. The predicted octanol–water partition coefficient (Wildman–Crippen LogP) is 3.91. The van der Waals surface area contributed by atoms with Crippen molar-refractivity contribution in [3.05, 3.63) is 78.7 Å². The van der Waals surface area contributed by atoms with Gasteiger partial charge in [0.2, 0.25) is 0 Å². The summed E-state index contributed by atoms with van der Waals surface area (Å²) in [7, 11) is 0. The Morgan fingerprint density at radius 3 is 2.17 bits per heavy atom. The molecule has 1 rings (SSSR count). The van der Waals surface area contributed by atoms with Gasteiger partial charge in [-0.3, -0.25) is 0 Å². The number of benzene rings is 1. The van der Waals surface area contributed by atoms with Gasteiger partial charge in [0.25, 0.3) is 0 Å². The molecule has 1 aromatic carbocycles. The number of Topliss-reactive ketones (excluding diaryl/α,β-unsaturated/α-hetero) is 1. The van der Waals surface area contributed by atoms with Crippen LogP contribution in [0, 0.1) is 5.82 Å². The van der Waals surface area contributed by atoms with Crippen molar-refractivity contribution in [2.45, 2.75) is 51.9 Å². The molecule has 0 aliphatic rings. The molecule has 6 heteroatoms. The minimum atomic E-state index is -0.980. The average Bonchev–Trinajstić information content (AvgIpc) is 2.69. The van der Waals surface area contributed by atoms with Crippen molar-refractivity contribution in [3.63, 3.8) is 0 Å². The Labute approximate surface area is 178 Å². The van der Waals surface area contributed by atoms with Crippen molar-refractivity contribution in [1.82, 2.24) is 0 Å². The Bertz CT molecular complexity index is 707. The van der Waals surface area contributed by atoms with Crippen molar-refractivity contribution in [2.75, 3.05) is 6.61 Å². The summed E-state index contributed by atoms with van der Waals surface area (Å²) >= 11 is 0. The molecule has 5 nitrogen and oxygen atoms in total. The van der Waals surface area contributed by atoms with E-state index in [0.29, 0.717) is 25.0 Å². The van der Waals surface area contributed by atoms with Crippen molar-refractivity contribution < 1.29 is 29.2 Å². The van der Waals surface area contributed by atoms with Crippen molar-refractivity contribution in [3.8, 4) is 5.75 Å². The Hall–Kier alpha value is -2.54. The molecular weight excluding hydrogens is 387 g/mol. The molecule has 0 saturated heterocycles. The maximum Gasteiger partial charge on any atom is 0.129 e. The van der Waals surface area contributed by atoms with E-state index in [2.05, 4.69) is 0 Å². The van der Waals surface area contributed by atoms with Crippen LogP contribution in [-0.4, -0.2) is 46.0 Å². The summed E-state index contributed by atoms with van der Waals surface area (Å²) in [5.41, 5.74) is 0. The molecule has 1 aromatic rings. The highest BCUT2D eigenvalue weighted by molar-refractivity contribution is 5.75. The highest BCUT2D eigenvalue weighted by atomic mass is 19.1. The first-order valence-electron chi connectivity index (χ1n) is 9.49. The minimum absolute atomic E-state index is 0. The van der Waals surface area contributed by atoms with Gasteiger partial charge < -0.3 is 24.9 Å². The molecule has 0 radical (unpaired) electrons. The fraction of sp³-hybridized carbons (Fsp3) is 0.375. The summed E-state index contributed by atoms with van der Waals surface area (Å²) in [5, 5.41) is 29.4. The first-order valence-corrected chi connectivity index (χ1v) is 9.49. The number of aliphatic hydroxyl groups is 3. The van der Waals surface area contributed by atoms with E-state index >= 15 is 0 Å². The number of hydrogen-bond acceptors (Lipinski definition) is 5. The molecular formula is C24H33FO5. The van der Waals surface area contributed by atoms with Crippen molar-refractivity contribution in [2.24, 2.45) is 0 Å². The number of ether oxygens (including phenoxy) is 1. The van der Waals surface area contributed by atoms with Gasteiger partial charge in [-0.2, -0.15) is 0 Å². The summed E-state index contributed by atoms with van der Waals surface area (Å²) in [4.78, 5) is 10.8. The van der Waals surface area contributed by atoms with Crippen molar-refractivity contribution in [1.29, 1.82) is 0 Å². The third-order valence-corrected chi connectivity index (χ3v) is 3.85. The van der Waals surface area contributed by atoms with Gasteiger partial charge in [-0.15, -0.1) is 0 Å². The third-order valence-electron chi connectivity index (χ3n) is 3.85. The number of aliphatic hydroxyl groups excluding tert-OH is 3. The van der Waals surface area contributed by atoms with Gasteiger partial charge >= 0.3 is 0 Å². The molecule has 0 fully saturated rings. The van der Waals surface area contributed by atoms with Crippen molar-refractivity contribution >= 4 is 5.78 Å². The highest BCUT2D eigenvalue weighted by Crippen LogP contribution is 2.11. The lowest BCUT2D eigenvalue weighted by Gasteiger charge is -2.13. The summed E-state index contributed by atoms with van der Waals surface area (Å²) in [6, 6.07) is 5.56. The molecule has 0 amide bonds. The highest BCUT2D eigenvalue weighted by Gasteiger charge is 2.12. The van der Waals surface area contributed by atoms with Crippen LogP contribution in [0.4, 0.5) is 4.39 Å². The molecule has 0 aromatic heterocycles. The van der Waals surface area contributed by atoms with E-state index in [-0.39, 0.29) is 25.6 Å². The van der Waals surface area contributed by atoms with Gasteiger partial charge in [-0.1, -0.05) is 56.0 Å². The molecule has 3 N–H and O–H groups in total. The van der Waals surface area contributed by atoms with Gasteiger partial charge in [-0.25, -0.2) is 4.39 Å². The molecule has 0 heterocycles. The minimum Gasteiger partial charge on any atom is -0.491 e. The van der Waals surface area contributed by atoms with Gasteiger partial charge in [0.15, 0.2) is 0 Å². The smallest absolute Gasteiger partial charge is 0.129 e. The van der Waals surface area contributed by atoms with Gasteiger partial charge in [0, 0.05) is 6.42 Å². The number of ketones is 1. The van der Waals surface area contributed by atoms with Gasteiger partial charge in [-0.05, 0) is 44.0 Å². The van der Waals surface area contributed by atoms with Crippen LogP contribution in [0.2, 0.25) is 0 Å². The summed E-state index contributed by atoms with van der Waals surface area (Å²) in [6.07, 6.45) is 11.9. The summed E-state index contributed by atoms with van der Waals surface area (Å²) < 4.78 is 18.1. The topological polar surface area (TPSA) is 87.0 Å². The number of halogens is 1. The van der Waals surface area contributed by atoms with Crippen LogP contribution in [0.3, 0.4) is 0 Å². The zero-order valence-electron chi connectivity index (χ0n) is 16.5. The van der Waals surface area contributed by atoms with Crippen LogP contribution in [0.15, 0.2) is 72.9 Å². The fourth-order valence-electron chi connectivity index (χ4n) is 2.25. The monoisotopic (exact) mass is 420 g/mol. The zero-order chi connectivity index (χ0) is 21.5. The number of rotatable bonds is 13. The lowest BCUT2D eigenvalue weighted by molar-refractivity contribution is -0.117. The summed E-state index contributed by atoms with van der Waals surface area (Å²) in [5.74, 6) is 0.204. The predicted molar refractivity (Wildman–Crippen MR) is 118 cm³/mol. The maximum atomic E-state index is 12.8. The Balaban J connectivity index is 0.00000841. The maximum absolute atomic E-state index is 12.8. The Morgan fingerprint density at radius 2 is 1.57 bits per heavy atom. The normalized spacial score (nSPS) is 15.0. The molecule has 166 valence electrons. The van der Waals surface area contributed by atoms with Crippen LogP contribution >= 0.6 is 0 Å². The van der Waals surface area contributed by atoms with E-state index in [1.807, 2.05) is 0 Å². The molecule has 30 heavy (non-hydrogen) atoms. The molecule has 3 atom stereocenters. The third kappa shape index (κ3) is 13.6. The molecule has 0 saturated carbocycles. The van der Waals surface area contributed by atoms with Crippen LogP contribution in [0.5, 0.6) is 5.75 Å². The first kappa shape index (κ1) is 27.5. The van der Waals surface area contributed by atoms with E-state index in [0.717, 1.165) is 0 Å². The standard InChI is InChI=1S/C23H29FO5.CH4/c1-18(25)9-8-12-23(28)22(27)11-7-5-3-2-4-6-10-20(26)17-29-21-15-13-19(24)14-16-21;/h2-7,10-11,13-16,20,22-23,26-28H,8-9,12,17H2,1H3;1H4/b4-2-,5-3+,10-6+,11-7+;/t20-,22+,23-;/m0./s1. The first-order chi connectivity index (χ1) is 13.9. The molecule has 0 unspecified atom stereocenters. The number of allylic oxidation sites excluding steroid dienone is 6. The second-order valence-corrected chi connectivity index (χ2v) is 6.52. The van der Waals surface area contributed by atoms with E-state index in [4.69, 9.17) is 4.74 Å². The molecule has 0 spiro atoms. The largest absolute Gasteiger partial charge is 0.491 e. The van der Waals surface area contributed by atoms with E-state index in [1.165, 1.54) is 37.3 Å². The van der Waals surface area contributed by atoms with Gasteiger partial charge in [0.1, 0.15) is 30.1 Å². The van der Waals surface area contributed by atoms with Crippen LogP contribution in [0.1, 0.15) is 33.6 Å². The quantitative estimate of drug-likeness (QED) is 0.421. The zero-order valence-corrected chi connectivity index (χ0v) is 16.5.